The Balaban J connectivity index is 1.44. The normalized spacial score (nSPS) is 17.4. The predicted molar refractivity (Wildman–Crippen MR) is 127 cm³/mol. The maximum atomic E-state index is 5.51. The number of nitrogens with one attached hydrogen (secondary N) is 2. The zero-order chi connectivity index (χ0) is 21.5. The molecule has 0 radical (unpaired) electrons. The van der Waals surface area contributed by atoms with Crippen molar-refractivity contribution in [1.82, 2.24) is 14.9 Å². The highest BCUT2D eigenvalue weighted by atomic mass is 16.5. The summed E-state index contributed by atoms with van der Waals surface area (Å²) in [5.41, 5.74) is 0.865. The second-order valence-corrected chi connectivity index (χ2v) is 8.78. The molecule has 2 N–H and O–H groups in total. The number of hydrogen-bond donors (Lipinski definition) is 2. The van der Waals surface area contributed by atoms with Gasteiger partial charge in [0.05, 0.1) is 19.7 Å². The second-order valence-electron chi connectivity index (χ2n) is 8.78. The summed E-state index contributed by atoms with van der Waals surface area (Å²) < 4.78 is 11.0. The molecule has 0 unspecified atom stereocenters. The molecule has 0 amide bonds. The van der Waals surface area contributed by atoms with Crippen LogP contribution in [0.4, 0.5) is 11.8 Å². The van der Waals surface area contributed by atoms with E-state index in [9.17, 15) is 0 Å². The number of fused-ring (bicyclic) bond motifs is 1. The number of likely N-dealkylation sites (tertiary alicyclic amines) is 1. The van der Waals surface area contributed by atoms with Crippen molar-refractivity contribution < 1.29 is 9.47 Å². The second kappa shape index (κ2) is 10.8. The first-order chi connectivity index (χ1) is 15.3. The van der Waals surface area contributed by atoms with E-state index in [-0.39, 0.29) is 0 Å². The third kappa shape index (κ3) is 5.70. The van der Waals surface area contributed by atoms with Crippen LogP contribution in [-0.4, -0.2) is 61.3 Å². The number of ether oxygens (including phenoxy) is 2. The fourth-order valence-corrected chi connectivity index (χ4v) is 4.76. The van der Waals surface area contributed by atoms with Gasteiger partial charge in [0.15, 0.2) is 11.5 Å². The van der Waals surface area contributed by atoms with E-state index in [1.54, 1.807) is 14.2 Å². The number of hydrogen-bond acceptors (Lipinski definition) is 7. The van der Waals surface area contributed by atoms with Gasteiger partial charge in [0.2, 0.25) is 5.95 Å². The third-order valence-corrected chi connectivity index (χ3v) is 6.53. The molecule has 1 saturated heterocycles. The van der Waals surface area contributed by atoms with E-state index >= 15 is 0 Å². The number of rotatable bonds is 11. The quantitative estimate of drug-likeness (QED) is 0.505. The van der Waals surface area contributed by atoms with Crippen molar-refractivity contribution in [3.8, 4) is 11.5 Å². The lowest BCUT2D eigenvalue weighted by molar-refractivity contribution is 0.329. The number of methoxy groups -OCH3 is 2. The molecule has 1 saturated carbocycles. The van der Waals surface area contributed by atoms with Gasteiger partial charge in [-0.2, -0.15) is 4.98 Å². The van der Waals surface area contributed by atoms with E-state index in [1.807, 2.05) is 12.1 Å². The standard InChI is InChI=1S/C24H37N5O2/c1-30-21-16-19-20(17-22(21)31-2)27-24(26-18-10-4-5-11-18)28-23(19)25-12-6-3-7-13-29-14-8-9-15-29/h16-18H,3-15H2,1-2H3,(H2,25,26,27,28). The number of aromatic nitrogens is 2. The van der Waals surface area contributed by atoms with Crippen LogP contribution in [0.25, 0.3) is 10.9 Å². The van der Waals surface area contributed by atoms with Crippen LogP contribution in [0.5, 0.6) is 11.5 Å². The highest BCUT2D eigenvalue weighted by molar-refractivity contribution is 5.92. The fraction of sp³-hybridized carbons (Fsp3) is 0.667. The van der Waals surface area contributed by atoms with Gasteiger partial charge in [-0.3, -0.25) is 0 Å². The highest BCUT2D eigenvalue weighted by Gasteiger charge is 2.18. The molecule has 1 aliphatic carbocycles. The molecule has 2 aliphatic rings. The monoisotopic (exact) mass is 427 g/mol. The van der Waals surface area contributed by atoms with E-state index in [2.05, 4.69) is 15.5 Å². The minimum absolute atomic E-state index is 0.469. The van der Waals surface area contributed by atoms with Gasteiger partial charge < -0.3 is 25.0 Å². The van der Waals surface area contributed by atoms with Gasteiger partial charge in [-0.1, -0.05) is 19.3 Å². The molecule has 0 atom stereocenters. The molecule has 0 spiro atoms. The Morgan fingerprint density at radius 1 is 0.935 bits per heavy atom. The number of benzene rings is 1. The Labute approximate surface area is 185 Å². The van der Waals surface area contributed by atoms with Crippen LogP contribution in [0, 0.1) is 0 Å². The lowest BCUT2D eigenvalue weighted by Crippen LogP contribution is -2.20. The minimum Gasteiger partial charge on any atom is -0.493 e. The van der Waals surface area contributed by atoms with Gasteiger partial charge in [0.1, 0.15) is 5.82 Å². The Morgan fingerprint density at radius 2 is 1.68 bits per heavy atom. The average molecular weight is 428 g/mol. The molecular formula is C24H37N5O2. The molecule has 1 aliphatic heterocycles. The first kappa shape index (κ1) is 21.9. The Bertz CT molecular complexity index is 847. The number of anilines is 2. The van der Waals surface area contributed by atoms with Crippen LogP contribution < -0.4 is 20.1 Å². The molecule has 2 heterocycles. The summed E-state index contributed by atoms with van der Waals surface area (Å²) in [6, 6.07) is 4.39. The zero-order valence-corrected chi connectivity index (χ0v) is 19.1. The molecule has 1 aromatic heterocycles. The summed E-state index contributed by atoms with van der Waals surface area (Å²) >= 11 is 0. The minimum atomic E-state index is 0.469. The van der Waals surface area contributed by atoms with E-state index in [0.717, 1.165) is 29.7 Å². The summed E-state index contributed by atoms with van der Waals surface area (Å²) in [5.74, 6) is 2.95. The van der Waals surface area contributed by atoms with Crippen molar-refractivity contribution in [1.29, 1.82) is 0 Å². The van der Waals surface area contributed by atoms with Crippen LogP contribution in [0.1, 0.15) is 57.8 Å². The van der Waals surface area contributed by atoms with Gasteiger partial charge in [-0.15, -0.1) is 0 Å². The van der Waals surface area contributed by atoms with Crippen LogP contribution in [0.15, 0.2) is 12.1 Å². The van der Waals surface area contributed by atoms with Crippen LogP contribution in [-0.2, 0) is 0 Å². The maximum absolute atomic E-state index is 5.51. The van der Waals surface area contributed by atoms with Crippen molar-refractivity contribution in [2.24, 2.45) is 0 Å². The third-order valence-electron chi connectivity index (χ3n) is 6.53. The van der Waals surface area contributed by atoms with Gasteiger partial charge in [0.25, 0.3) is 0 Å². The molecule has 4 rings (SSSR count). The van der Waals surface area contributed by atoms with Crippen molar-refractivity contribution in [3.05, 3.63) is 12.1 Å². The molecular weight excluding hydrogens is 390 g/mol. The molecule has 170 valence electrons. The molecule has 7 nitrogen and oxygen atoms in total. The van der Waals surface area contributed by atoms with Crippen molar-refractivity contribution in [2.75, 3.05) is 51.0 Å². The van der Waals surface area contributed by atoms with E-state index in [4.69, 9.17) is 19.4 Å². The maximum Gasteiger partial charge on any atom is 0.225 e. The number of nitrogens with zero attached hydrogens (tertiary/aromatic N) is 3. The lowest BCUT2D eigenvalue weighted by Gasteiger charge is -2.17. The SMILES string of the molecule is COc1cc2nc(NC3CCCC3)nc(NCCCCCN3CCCC3)c2cc1OC. The Morgan fingerprint density at radius 3 is 2.42 bits per heavy atom. The molecule has 31 heavy (non-hydrogen) atoms. The molecule has 0 bridgehead atoms. The van der Waals surface area contributed by atoms with Crippen molar-refractivity contribution >= 4 is 22.7 Å². The van der Waals surface area contributed by atoms with Gasteiger partial charge in [-0.25, -0.2) is 4.98 Å². The summed E-state index contributed by atoms with van der Waals surface area (Å²) in [6.45, 7) is 4.71. The topological polar surface area (TPSA) is 71.5 Å². The van der Waals surface area contributed by atoms with Crippen molar-refractivity contribution in [3.63, 3.8) is 0 Å². The largest absolute Gasteiger partial charge is 0.493 e. The van der Waals surface area contributed by atoms with Gasteiger partial charge in [0, 0.05) is 24.0 Å². The Kier molecular flexibility index (Phi) is 7.67. The Hall–Kier alpha value is -2.28. The van der Waals surface area contributed by atoms with Crippen LogP contribution >= 0.6 is 0 Å². The van der Waals surface area contributed by atoms with Gasteiger partial charge >= 0.3 is 0 Å². The first-order valence-electron chi connectivity index (χ1n) is 11.9. The first-order valence-corrected chi connectivity index (χ1v) is 11.9. The average Bonchev–Trinajstić information content (AvgIpc) is 3.49. The zero-order valence-electron chi connectivity index (χ0n) is 19.1. The summed E-state index contributed by atoms with van der Waals surface area (Å²) in [4.78, 5) is 12.2. The highest BCUT2D eigenvalue weighted by Crippen LogP contribution is 2.35. The van der Waals surface area contributed by atoms with E-state index < -0.39 is 0 Å². The molecule has 2 fully saturated rings. The van der Waals surface area contributed by atoms with Crippen LogP contribution in [0.2, 0.25) is 0 Å². The molecule has 1 aromatic carbocycles. The lowest BCUT2D eigenvalue weighted by atomic mass is 10.2. The van der Waals surface area contributed by atoms with E-state index in [0.29, 0.717) is 23.5 Å². The summed E-state index contributed by atoms with van der Waals surface area (Å²) in [5, 5.41) is 8.08. The fourth-order valence-electron chi connectivity index (χ4n) is 4.76. The van der Waals surface area contributed by atoms with Gasteiger partial charge in [-0.05, 0) is 64.2 Å². The number of unbranched alkanes of at least 4 members (excludes halogenated alkanes) is 2. The predicted octanol–water partition coefficient (Wildman–Crippen LogP) is 4.68. The summed E-state index contributed by atoms with van der Waals surface area (Å²) in [7, 11) is 3.32. The smallest absolute Gasteiger partial charge is 0.225 e. The van der Waals surface area contributed by atoms with Crippen molar-refractivity contribution in [2.45, 2.75) is 63.8 Å². The summed E-state index contributed by atoms with van der Waals surface area (Å²) in [6.07, 6.45) is 11.3. The molecule has 2 aromatic rings. The van der Waals surface area contributed by atoms with Crippen LogP contribution in [0.3, 0.4) is 0 Å². The van der Waals surface area contributed by atoms with E-state index in [1.165, 1.54) is 71.0 Å². The molecule has 7 heteroatoms.